The van der Waals surface area contributed by atoms with Crippen LogP contribution in [0.4, 0.5) is 0 Å². The molecule has 0 aliphatic heterocycles. The van der Waals surface area contributed by atoms with E-state index in [1.165, 1.54) is 58.5 Å². The second kappa shape index (κ2) is 17.0. The van der Waals surface area contributed by atoms with Crippen molar-refractivity contribution >= 4 is 56.2 Å². The molecule has 0 amide bonds. The molecule has 0 saturated heterocycles. The van der Waals surface area contributed by atoms with Gasteiger partial charge in [-0.25, -0.2) is 19.6 Å². The molecule has 2 heterocycles. The molecular weight excluding hydrogens is 765 g/mol. The Morgan fingerprint density at radius 1 is 0.519 bits per heavy atom. The van der Waals surface area contributed by atoms with Gasteiger partial charge >= 0.3 is 11.9 Å². The summed E-state index contributed by atoms with van der Waals surface area (Å²) in [4.78, 5) is 38.4. The Balaban J connectivity index is 1.48. The lowest BCUT2D eigenvalue weighted by molar-refractivity contribution is 0.0598. The maximum Gasteiger partial charge on any atom is 0.350 e. The minimum absolute atomic E-state index is 0.381. The van der Waals surface area contributed by atoms with E-state index in [0.29, 0.717) is 54.2 Å². The summed E-state index contributed by atoms with van der Waals surface area (Å²) in [5, 5.41) is 1.18. The lowest BCUT2D eigenvalue weighted by atomic mass is 10.1. The van der Waals surface area contributed by atoms with Gasteiger partial charge in [-0.05, 0) is 38.1 Å². The molecule has 54 heavy (non-hydrogen) atoms. The van der Waals surface area contributed by atoms with Crippen molar-refractivity contribution in [3.63, 3.8) is 0 Å². The fourth-order valence-electron chi connectivity index (χ4n) is 5.43. The predicted octanol–water partition coefficient (Wildman–Crippen LogP) is 10.3. The van der Waals surface area contributed by atoms with Crippen LogP contribution in [-0.4, -0.2) is 64.6 Å². The zero-order valence-electron chi connectivity index (χ0n) is 30.7. The summed E-state index contributed by atoms with van der Waals surface area (Å²) in [5.74, 6) is 1.09. The number of rotatable bonds is 13. The first-order chi connectivity index (χ1) is 26.1. The van der Waals surface area contributed by atoms with Gasteiger partial charge in [0.2, 0.25) is 0 Å². The van der Waals surface area contributed by atoms with E-state index in [4.69, 9.17) is 38.4 Å². The molecule has 0 atom stereocenters. The molecule has 0 spiro atoms. The Morgan fingerprint density at radius 2 is 0.852 bits per heavy atom. The lowest BCUT2D eigenvalue weighted by Gasteiger charge is -2.15. The number of carbonyl (C=O) groups is 2. The Kier molecular flexibility index (Phi) is 12.2. The van der Waals surface area contributed by atoms with Crippen LogP contribution in [0.3, 0.4) is 0 Å². The minimum atomic E-state index is -0.479. The number of ether oxygens (including phenoxy) is 6. The largest absolute Gasteiger partial charge is 0.493 e. The zero-order chi connectivity index (χ0) is 38.5. The monoisotopic (exact) mass is 800 g/mol. The maximum absolute atomic E-state index is 13.1. The van der Waals surface area contributed by atoms with Gasteiger partial charge in [0.15, 0.2) is 23.0 Å². The van der Waals surface area contributed by atoms with E-state index in [0.717, 1.165) is 43.2 Å². The standard InChI is InChI=1S/C40H36N2O8S4/c1-21-9-13-23(14-10-21)33-35(39(43)49-7)51-37(41-33)25-17-27(45-3)29(47-5)19-31(25)53-54-32-20-30(48-6)28(46-4)18-26(32)38-42-34(36(52-38)40(44)50-8)24-15-11-22(2)12-16-24/h9-20H,1-8H3. The van der Waals surface area contributed by atoms with E-state index in [1.54, 1.807) is 28.4 Å². The molecule has 0 fully saturated rings. The van der Waals surface area contributed by atoms with Gasteiger partial charge in [-0.1, -0.05) is 81.2 Å². The summed E-state index contributed by atoms with van der Waals surface area (Å²) in [6.45, 7) is 4.00. The Morgan fingerprint density at radius 3 is 1.17 bits per heavy atom. The Bertz CT molecular complexity index is 2160. The number of hydrogen-bond donors (Lipinski definition) is 0. The predicted molar refractivity (Wildman–Crippen MR) is 216 cm³/mol. The fourth-order valence-corrected chi connectivity index (χ4v) is 9.98. The van der Waals surface area contributed by atoms with Gasteiger partial charge < -0.3 is 28.4 Å². The lowest BCUT2D eigenvalue weighted by Crippen LogP contribution is -2.00. The van der Waals surface area contributed by atoms with Gasteiger partial charge in [-0.15, -0.1) is 22.7 Å². The number of esters is 2. The van der Waals surface area contributed by atoms with E-state index >= 15 is 0 Å². The molecule has 0 aliphatic carbocycles. The highest BCUT2D eigenvalue weighted by Crippen LogP contribution is 2.52. The molecule has 278 valence electrons. The summed E-state index contributed by atoms with van der Waals surface area (Å²) >= 11 is 2.48. The highest BCUT2D eigenvalue weighted by molar-refractivity contribution is 8.76. The second-order valence-corrected chi connectivity index (χ2v) is 15.9. The van der Waals surface area contributed by atoms with Crippen LogP contribution in [0.5, 0.6) is 23.0 Å². The summed E-state index contributed by atoms with van der Waals surface area (Å²) in [6.07, 6.45) is 0. The Labute approximate surface area is 329 Å². The van der Waals surface area contributed by atoms with Crippen LogP contribution < -0.4 is 18.9 Å². The molecule has 10 nitrogen and oxygen atoms in total. The van der Waals surface area contributed by atoms with Gasteiger partial charge in [-0.3, -0.25) is 0 Å². The molecule has 14 heteroatoms. The summed E-state index contributed by atoms with van der Waals surface area (Å²) in [6, 6.07) is 23.1. The van der Waals surface area contributed by atoms with Crippen LogP contribution in [0.2, 0.25) is 0 Å². The van der Waals surface area contributed by atoms with E-state index in [2.05, 4.69) is 0 Å². The van der Waals surface area contributed by atoms with Crippen molar-refractivity contribution in [2.24, 2.45) is 0 Å². The van der Waals surface area contributed by atoms with Crippen molar-refractivity contribution in [2.45, 2.75) is 23.6 Å². The first-order valence-corrected chi connectivity index (χ1v) is 20.1. The topological polar surface area (TPSA) is 115 Å². The number of benzene rings is 4. The van der Waals surface area contributed by atoms with Crippen molar-refractivity contribution in [3.05, 3.63) is 93.7 Å². The number of aromatic nitrogens is 2. The van der Waals surface area contributed by atoms with Crippen molar-refractivity contribution < 1.29 is 38.0 Å². The molecule has 6 aromatic rings. The third-order valence-corrected chi connectivity index (χ3v) is 12.9. The van der Waals surface area contributed by atoms with E-state index in [-0.39, 0.29) is 0 Å². The molecule has 6 rings (SSSR count). The maximum atomic E-state index is 13.1. The van der Waals surface area contributed by atoms with Crippen LogP contribution >= 0.6 is 44.3 Å². The number of thiazole rings is 2. The van der Waals surface area contributed by atoms with Crippen molar-refractivity contribution in [2.75, 3.05) is 42.7 Å². The van der Waals surface area contributed by atoms with Crippen LogP contribution in [-0.2, 0) is 9.47 Å². The van der Waals surface area contributed by atoms with Crippen LogP contribution in [0.15, 0.2) is 82.6 Å². The molecule has 0 bridgehead atoms. The Hall–Kier alpha value is -5.02. The molecular formula is C40H36N2O8S4. The molecule has 0 radical (unpaired) electrons. The molecule has 0 unspecified atom stereocenters. The highest BCUT2D eigenvalue weighted by atomic mass is 33.1. The van der Waals surface area contributed by atoms with Crippen LogP contribution in [0, 0.1) is 13.8 Å². The van der Waals surface area contributed by atoms with E-state index in [9.17, 15) is 9.59 Å². The van der Waals surface area contributed by atoms with Gasteiger partial charge in [0, 0.05) is 32.0 Å². The van der Waals surface area contributed by atoms with Gasteiger partial charge in [-0.2, -0.15) is 0 Å². The second-order valence-electron chi connectivity index (χ2n) is 11.7. The molecule has 2 aromatic heterocycles. The number of nitrogens with zero attached hydrogens (tertiary/aromatic N) is 2. The molecule has 0 saturated carbocycles. The smallest absolute Gasteiger partial charge is 0.350 e. The number of methoxy groups -OCH3 is 6. The van der Waals surface area contributed by atoms with Crippen molar-refractivity contribution in [3.8, 4) is 66.7 Å². The summed E-state index contributed by atoms with van der Waals surface area (Å²) in [7, 11) is 11.9. The quantitative estimate of drug-likeness (QED) is 0.0818. The van der Waals surface area contributed by atoms with Gasteiger partial charge in [0.05, 0.1) is 54.0 Å². The van der Waals surface area contributed by atoms with Gasteiger partial charge in [0.1, 0.15) is 19.8 Å². The average molecular weight is 801 g/mol. The first kappa shape index (κ1) is 38.7. The van der Waals surface area contributed by atoms with Crippen molar-refractivity contribution in [1.29, 1.82) is 0 Å². The van der Waals surface area contributed by atoms with Crippen LogP contribution in [0.25, 0.3) is 43.7 Å². The highest BCUT2D eigenvalue weighted by Gasteiger charge is 2.26. The van der Waals surface area contributed by atoms with E-state index in [1.807, 2.05) is 86.6 Å². The summed E-state index contributed by atoms with van der Waals surface area (Å²) in [5.41, 5.74) is 6.27. The fraction of sp³-hybridized carbons (Fsp3) is 0.200. The molecule has 4 aromatic carbocycles. The third-order valence-electron chi connectivity index (χ3n) is 8.30. The van der Waals surface area contributed by atoms with E-state index < -0.39 is 11.9 Å². The molecule has 0 aliphatic rings. The van der Waals surface area contributed by atoms with Gasteiger partial charge in [0.25, 0.3) is 0 Å². The number of carbonyl (C=O) groups excluding carboxylic acids is 2. The summed E-state index contributed by atoms with van der Waals surface area (Å²) < 4.78 is 33.2. The van der Waals surface area contributed by atoms with Crippen molar-refractivity contribution in [1.82, 2.24) is 9.97 Å². The normalized spacial score (nSPS) is 10.9. The average Bonchev–Trinajstić information content (AvgIpc) is 3.85. The third kappa shape index (κ3) is 7.92. The number of aryl methyl sites for hydroxylation is 2. The first-order valence-electron chi connectivity index (χ1n) is 16.3. The van der Waals surface area contributed by atoms with Crippen LogP contribution in [0.1, 0.15) is 30.5 Å². The zero-order valence-corrected chi connectivity index (χ0v) is 34.0. The SMILES string of the molecule is COC(=O)c1sc(-c2cc(OC)c(OC)cc2SSc2cc(OC)c(OC)cc2-c2nc(-c3ccc(C)cc3)c(C(=O)OC)s2)nc1-c1ccc(C)cc1. The minimum Gasteiger partial charge on any atom is -0.493 e. The number of hydrogen-bond acceptors (Lipinski definition) is 14. The molecule has 0 N–H and O–H groups in total.